The molecule has 0 aliphatic heterocycles. The first-order valence-electron chi connectivity index (χ1n) is 9.57. The number of benzene rings is 1. The van der Waals surface area contributed by atoms with E-state index in [1.54, 1.807) is 12.1 Å². The second-order valence-electron chi connectivity index (χ2n) is 6.75. The molecule has 9 heteroatoms. The fourth-order valence-corrected chi connectivity index (χ4v) is 4.87. The summed E-state index contributed by atoms with van der Waals surface area (Å²) in [5.74, 6) is -0.361. The third-order valence-electron chi connectivity index (χ3n) is 4.75. The summed E-state index contributed by atoms with van der Waals surface area (Å²) >= 11 is 7.56. The van der Waals surface area contributed by atoms with Gasteiger partial charge in [0, 0.05) is 11.0 Å². The second-order valence-corrected chi connectivity index (χ2v) is 8.27. The molecule has 1 aromatic heterocycles. The maximum absolute atomic E-state index is 12.2. The normalized spacial score (nSPS) is 12.7. The van der Waals surface area contributed by atoms with Gasteiger partial charge in [-0.05, 0) is 55.0 Å². The molecule has 1 amide bonds. The predicted octanol–water partition coefficient (Wildman–Crippen LogP) is 4.36. The smallest absolute Gasteiger partial charge is 0.331 e. The molecule has 0 atom stereocenters. The molecule has 0 radical (unpaired) electrons. The van der Waals surface area contributed by atoms with E-state index in [0.717, 1.165) is 36.1 Å². The molecular formula is C22H21ClN2O5S. The number of esters is 1. The number of carbonyl (C=O) groups excluding carboxylic acids is 2. The van der Waals surface area contributed by atoms with Crippen LogP contribution in [0, 0.1) is 11.3 Å². The summed E-state index contributed by atoms with van der Waals surface area (Å²) in [7, 11) is 2.96. The van der Waals surface area contributed by atoms with Gasteiger partial charge in [0.1, 0.15) is 11.1 Å². The Morgan fingerprint density at radius 3 is 2.74 bits per heavy atom. The van der Waals surface area contributed by atoms with Gasteiger partial charge in [-0.15, -0.1) is 11.3 Å². The largest absolute Gasteiger partial charge is 0.493 e. The molecule has 1 heterocycles. The number of ether oxygens (including phenoxy) is 3. The summed E-state index contributed by atoms with van der Waals surface area (Å²) in [6.45, 7) is -0.455. The van der Waals surface area contributed by atoms with E-state index < -0.39 is 18.5 Å². The number of nitriles is 1. The Labute approximate surface area is 189 Å². The third-order valence-corrected chi connectivity index (χ3v) is 6.24. The number of nitrogens with zero attached hydrogens (tertiary/aromatic N) is 1. The van der Waals surface area contributed by atoms with Crippen LogP contribution in [-0.2, 0) is 27.2 Å². The minimum atomic E-state index is -0.688. The lowest BCUT2D eigenvalue weighted by molar-refractivity contribution is -0.142. The molecule has 1 aliphatic rings. The Balaban J connectivity index is 1.58. The number of rotatable bonds is 7. The zero-order valence-corrected chi connectivity index (χ0v) is 18.7. The van der Waals surface area contributed by atoms with Crippen molar-refractivity contribution in [2.45, 2.75) is 25.7 Å². The summed E-state index contributed by atoms with van der Waals surface area (Å²) in [6, 6.07) is 5.45. The van der Waals surface area contributed by atoms with Gasteiger partial charge in [-0.3, -0.25) is 4.79 Å². The number of aryl methyl sites for hydroxylation is 1. The summed E-state index contributed by atoms with van der Waals surface area (Å²) in [5, 5.41) is 13.0. The van der Waals surface area contributed by atoms with Crippen LogP contribution in [0.15, 0.2) is 18.2 Å². The van der Waals surface area contributed by atoms with E-state index in [1.165, 1.54) is 37.7 Å². The van der Waals surface area contributed by atoms with Gasteiger partial charge in [-0.1, -0.05) is 11.6 Å². The predicted molar refractivity (Wildman–Crippen MR) is 119 cm³/mol. The maximum atomic E-state index is 12.2. The quantitative estimate of drug-likeness (QED) is 0.487. The topological polar surface area (TPSA) is 97.6 Å². The van der Waals surface area contributed by atoms with Crippen LogP contribution in [0.5, 0.6) is 11.5 Å². The highest BCUT2D eigenvalue weighted by Crippen LogP contribution is 2.38. The number of hydrogen-bond acceptors (Lipinski definition) is 7. The van der Waals surface area contributed by atoms with Crippen LogP contribution in [-0.4, -0.2) is 32.7 Å². The lowest BCUT2D eigenvalue weighted by Gasteiger charge is -2.10. The summed E-state index contributed by atoms with van der Waals surface area (Å²) in [4.78, 5) is 25.3. The van der Waals surface area contributed by atoms with E-state index in [0.29, 0.717) is 32.6 Å². The van der Waals surface area contributed by atoms with Gasteiger partial charge in [0.05, 0.1) is 24.8 Å². The van der Waals surface area contributed by atoms with Gasteiger partial charge in [0.2, 0.25) is 0 Å². The minimum Gasteiger partial charge on any atom is -0.493 e. The number of methoxy groups -OCH3 is 2. The standard InChI is InChI=1S/C22H21ClN2O5S/c1-28-17-10-13(9-16(23)21(17)29-2)7-8-20(27)30-12-19(26)25-22-15(11-24)14-5-3-4-6-18(14)31-22/h7-10H,3-6,12H2,1-2H3,(H,25,26). The van der Waals surface area contributed by atoms with Crippen LogP contribution in [0.1, 0.15) is 34.4 Å². The molecule has 2 aromatic rings. The molecule has 1 aromatic carbocycles. The number of hydrogen-bond donors (Lipinski definition) is 1. The lowest BCUT2D eigenvalue weighted by atomic mass is 9.96. The van der Waals surface area contributed by atoms with Gasteiger partial charge < -0.3 is 19.5 Å². The zero-order valence-electron chi connectivity index (χ0n) is 17.1. The van der Waals surface area contributed by atoms with Crippen molar-refractivity contribution in [2.75, 3.05) is 26.1 Å². The highest BCUT2D eigenvalue weighted by atomic mass is 35.5. The molecule has 0 fully saturated rings. The molecular weight excluding hydrogens is 440 g/mol. The summed E-state index contributed by atoms with van der Waals surface area (Å²) in [6.07, 6.45) is 6.58. The fourth-order valence-electron chi connectivity index (χ4n) is 3.32. The first-order valence-corrected chi connectivity index (χ1v) is 10.8. The maximum Gasteiger partial charge on any atom is 0.331 e. The molecule has 7 nitrogen and oxygen atoms in total. The molecule has 0 saturated carbocycles. The fraction of sp³-hybridized carbons (Fsp3) is 0.318. The van der Waals surface area contributed by atoms with E-state index in [4.69, 9.17) is 25.8 Å². The van der Waals surface area contributed by atoms with Crippen LogP contribution in [0.4, 0.5) is 5.00 Å². The van der Waals surface area contributed by atoms with Crippen LogP contribution >= 0.6 is 22.9 Å². The molecule has 162 valence electrons. The summed E-state index contributed by atoms with van der Waals surface area (Å²) < 4.78 is 15.4. The number of anilines is 1. The van der Waals surface area contributed by atoms with E-state index in [2.05, 4.69) is 11.4 Å². The zero-order chi connectivity index (χ0) is 22.4. The van der Waals surface area contributed by atoms with Gasteiger partial charge in [0.15, 0.2) is 18.1 Å². The highest BCUT2D eigenvalue weighted by molar-refractivity contribution is 7.16. The molecule has 0 saturated heterocycles. The van der Waals surface area contributed by atoms with Crippen LogP contribution in [0.2, 0.25) is 5.02 Å². The van der Waals surface area contributed by atoms with Crippen LogP contribution < -0.4 is 14.8 Å². The van der Waals surface area contributed by atoms with Gasteiger partial charge in [0.25, 0.3) is 5.91 Å². The third kappa shape index (κ3) is 5.37. The minimum absolute atomic E-state index is 0.334. The number of carbonyl (C=O) groups is 2. The number of halogens is 1. The number of amides is 1. The average Bonchev–Trinajstić information content (AvgIpc) is 3.12. The Bertz CT molecular complexity index is 1070. The Hall–Kier alpha value is -3.02. The van der Waals surface area contributed by atoms with Crippen molar-refractivity contribution in [3.8, 4) is 17.6 Å². The molecule has 31 heavy (non-hydrogen) atoms. The van der Waals surface area contributed by atoms with Gasteiger partial charge in [-0.2, -0.15) is 5.26 Å². The van der Waals surface area contributed by atoms with Crippen molar-refractivity contribution >= 4 is 45.9 Å². The second kappa shape index (κ2) is 10.3. The van der Waals surface area contributed by atoms with E-state index in [1.807, 2.05) is 0 Å². The first kappa shape index (κ1) is 22.7. The Kier molecular flexibility index (Phi) is 7.55. The molecule has 0 unspecified atom stereocenters. The molecule has 0 spiro atoms. The van der Waals surface area contributed by atoms with E-state index in [-0.39, 0.29) is 0 Å². The molecule has 1 N–H and O–H groups in total. The van der Waals surface area contributed by atoms with Crippen molar-refractivity contribution in [2.24, 2.45) is 0 Å². The van der Waals surface area contributed by atoms with Gasteiger partial charge >= 0.3 is 5.97 Å². The summed E-state index contributed by atoms with van der Waals surface area (Å²) in [5.41, 5.74) is 2.15. The van der Waals surface area contributed by atoms with E-state index >= 15 is 0 Å². The van der Waals surface area contributed by atoms with Crippen LogP contribution in [0.25, 0.3) is 6.08 Å². The monoisotopic (exact) mass is 460 g/mol. The average molecular weight is 461 g/mol. The Morgan fingerprint density at radius 1 is 1.26 bits per heavy atom. The number of nitrogens with one attached hydrogen (secondary N) is 1. The SMILES string of the molecule is COc1cc(C=CC(=O)OCC(=O)Nc2sc3c(c2C#N)CCCC3)cc(Cl)c1OC. The number of fused-ring (bicyclic) bond motifs is 1. The first-order chi connectivity index (χ1) is 15.0. The highest BCUT2D eigenvalue weighted by Gasteiger charge is 2.22. The van der Waals surface area contributed by atoms with Crippen LogP contribution in [0.3, 0.4) is 0 Å². The van der Waals surface area contributed by atoms with Crippen molar-refractivity contribution in [1.29, 1.82) is 5.26 Å². The van der Waals surface area contributed by atoms with Crippen molar-refractivity contribution in [3.63, 3.8) is 0 Å². The molecule has 0 bridgehead atoms. The molecule has 3 rings (SSSR count). The van der Waals surface area contributed by atoms with Crippen molar-refractivity contribution < 1.29 is 23.8 Å². The van der Waals surface area contributed by atoms with Gasteiger partial charge in [-0.25, -0.2) is 4.79 Å². The molecule has 1 aliphatic carbocycles. The van der Waals surface area contributed by atoms with Crippen molar-refractivity contribution in [3.05, 3.63) is 44.8 Å². The number of thiophene rings is 1. The lowest BCUT2D eigenvalue weighted by Crippen LogP contribution is -2.20. The Morgan fingerprint density at radius 2 is 2.03 bits per heavy atom. The van der Waals surface area contributed by atoms with E-state index in [9.17, 15) is 14.9 Å². The van der Waals surface area contributed by atoms with Crippen molar-refractivity contribution in [1.82, 2.24) is 0 Å².